The highest BCUT2D eigenvalue weighted by atomic mass is 19.1. The molecular weight excluding hydrogens is 285 g/mol. The highest BCUT2D eigenvalue weighted by Gasteiger charge is 2.22. The van der Waals surface area contributed by atoms with Gasteiger partial charge in [0.25, 0.3) is 5.69 Å². The highest BCUT2D eigenvalue weighted by molar-refractivity contribution is 5.92. The normalized spacial score (nSPS) is 9.86. The Morgan fingerprint density at radius 1 is 1.38 bits per heavy atom. The first-order chi connectivity index (χ1) is 9.86. The van der Waals surface area contributed by atoms with Crippen LogP contribution in [0.25, 0.3) is 0 Å². The van der Waals surface area contributed by atoms with Gasteiger partial charge in [0.1, 0.15) is 11.5 Å². The summed E-state index contributed by atoms with van der Waals surface area (Å²) in [6.45, 7) is 1.72. The predicted molar refractivity (Wildman–Crippen MR) is 71.6 cm³/mol. The maximum Gasteiger partial charge on any atom is 0.340 e. The number of hydrogen-bond acceptors (Lipinski definition) is 6. The van der Waals surface area contributed by atoms with Crippen LogP contribution >= 0.6 is 0 Å². The summed E-state index contributed by atoms with van der Waals surface area (Å²) >= 11 is 0. The first-order valence-corrected chi connectivity index (χ1v) is 5.91. The van der Waals surface area contributed by atoms with E-state index in [2.05, 4.69) is 15.4 Å². The number of rotatable bonds is 6. The fourth-order valence-electron chi connectivity index (χ4n) is 1.56. The van der Waals surface area contributed by atoms with Gasteiger partial charge in [-0.25, -0.2) is 9.18 Å². The highest BCUT2D eigenvalue weighted by Crippen LogP contribution is 2.28. The Bertz CT molecular complexity index is 576. The number of carbonyl (C=O) groups excluding carboxylic acids is 2. The number of ether oxygens (including phenoxy) is 1. The summed E-state index contributed by atoms with van der Waals surface area (Å²) in [5.41, 5.74) is -0.958. The van der Waals surface area contributed by atoms with Crippen molar-refractivity contribution in [1.82, 2.24) is 5.32 Å². The van der Waals surface area contributed by atoms with Gasteiger partial charge in [-0.15, -0.1) is 0 Å². The molecule has 1 amide bonds. The Labute approximate surface area is 119 Å². The van der Waals surface area contributed by atoms with Crippen LogP contribution in [0.4, 0.5) is 15.8 Å². The van der Waals surface area contributed by atoms with Crippen LogP contribution in [0.1, 0.15) is 17.3 Å². The average molecular weight is 299 g/mol. The minimum absolute atomic E-state index is 0.0350. The van der Waals surface area contributed by atoms with Gasteiger partial charge in [-0.2, -0.15) is 0 Å². The molecule has 0 bridgehead atoms. The molecule has 8 nitrogen and oxygen atoms in total. The van der Waals surface area contributed by atoms with Crippen molar-refractivity contribution in [3.8, 4) is 0 Å². The molecule has 0 aliphatic heterocycles. The Balaban J connectivity index is 3.00. The van der Waals surface area contributed by atoms with Crippen molar-refractivity contribution in [2.24, 2.45) is 0 Å². The summed E-state index contributed by atoms with van der Waals surface area (Å²) < 4.78 is 18.0. The van der Waals surface area contributed by atoms with Gasteiger partial charge in [-0.3, -0.25) is 14.9 Å². The van der Waals surface area contributed by atoms with Crippen molar-refractivity contribution in [2.75, 3.05) is 25.5 Å². The maximum absolute atomic E-state index is 13.6. The van der Waals surface area contributed by atoms with Crippen LogP contribution in [0.2, 0.25) is 0 Å². The van der Waals surface area contributed by atoms with E-state index in [-0.39, 0.29) is 24.7 Å². The van der Waals surface area contributed by atoms with Gasteiger partial charge in [-0.05, 0) is 6.07 Å². The predicted octanol–water partition coefficient (Wildman–Crippen LogP) is 1.07. The van der Waals surface area contributed by atoms with Crippen molar-refractivity contribution in [1.29, 1.82) is 0 Å². The molecule has 21 heavy (non-hydrogen) atoms. The number of nitrogens with zero attached hydrogens (tertiary/aromatic N) is 1. The second kappa shape index (κ2) is 7.17. The summed E-state index contributed by atoms with van der Waals surface area (Å²) in [5, 5.41) is 16.0. The van der Waals surface area contributed by atoms with Gasteiger partial charge in [-0.1, -0.05) is 0 Å². The van der Waals surface area contributed by atoms with E-state index in [9.17, 15) is 24.1 Å². The van der Waals surface area contributed by atoms with Gasteiger partial charge < -0.3 is 15.4 Å². The average Bonchev–Trinajstić information content (AvgIpc) is 2.43. The van der Waals surface area contributed by atoms with Crippen LogP contribution in [0.5, 0.6) is 0 Å². The molecule has 0 aliphatic carbocycles. The number of hydrogen-bond donors (Lipinski definition) is 2. The van der Waals surface area contributed by atoms with Crippen LogP contribution < -0.4 is 10.6 Å². The number of amides is 1. The number of anilines is 1. The number of nitro groups is 1. The van der Waals surface area contributed by atoms with Crippen LogP contribution in [-0.4, -0.2) is 37.0 Å². The fourth-order valence-corrected chi connectivity index (χ4v) is 1.56. The Kier molecular flexibility index (Phi) is 5.58. The van der Waals surface area contributed by atoms with Crippen LogP contribution in [0, 0.1) is 15.9 Å². The Morgan fingerprint density at radius 2 is 2.05 bits per heavy atom. The molecule has 0 atom stereocenters. The molecule has 0 saturated carbocycles. The largest absolute Gasteiger partial charge is 0.465 e. The van der Waals surface area contributed by atoms with E-state index in [1.165, 1.54) is 6.92 Å². The lowest BCUT2D eigenvalue weighted by atomic mass is 10.1. The molecule has 0 spiro atoms. The molecule has 0 heterocycles. The fraction of sp³-hybridized carbons (Fsp3) is 0.333. The third kappa shape index (κ3) is 4.41. The minimum atomic E-state index is -1.04. The summed E-state index contributed by atoms with van der Waals surface area (Å²) in [7, 11) is 1.08. The monoisotopic (exact) mass is 299 g/mol. The lowest BCUT2D eigenvalue weighted by Crippen LogP contribution is -2.26. The van der Waals surface area contributed by atoms with Gasteiger partial charge >= 0.3 is 5.97 Å². The van der Waals surface area contributed by atoms with E-state index in [4.69, 9.17) is 0 Å². The molecule has 1 rings (SSSR count). The van der Waals surface area contributed by atoms with E-state index in [1.807, 2.05) is 0 Å². The van der Waals surface area contributed by atoms with E-state index in [0.29, 0.717) is 6.07 Å². The second-order valence-electron chi connectivity index (χ2n) is 4.01. The molecule has 0 radical (unpaired) electrons. The molecule has 1 aromatic carbocycles. The van der Waals surface area contributed by atoms with E-state index >= 15 is 0 Å². The molecular formula is C12H14FN3O5. The molecule has 0 saturated heterocycles. The van der Waals surface area contributed by atoms with Gasteiger partial charge in [0, 0.05) is 20.0 Å². The van der Waals surface area contributed by atoms with E-state index < -0.39 is 28.0 Å². The number of benzene rings is 1. The lowest BCUT2D eigenvalue weighted by Gasteiger charge is -2.09. The summed E-state index contributed by atoms with van der Waals surface area (Å²) in [5.74, 6) is -2.23. The zero-order valence-electron chi connectivity index (χ0n) is 11.4. The zero-order valence-corrected chi connectivity index (χ0v) is 11.4. The molecule has 0 aromatic heterocycles. The van der Waals surface area contributed by atoms with Gasteiger partial charge in [0.05, 0.1) is 23.7 Å². The number of nitro benzene ring substituents is 1. The molecule has 1 aromatic rings. The molecule has 114 valence electrons. The smallest absolute Gasteiger partial charge is 0.340 e. The van der Waals surface area contributed by atoms with Crippen molar-refractivity contribution >= 4 is 23.3 Å². The zero-order chi connectivity index (χ0) is 16.0. The number of esters is 1. The lowest BCUT2D eigenvalue weighted by molar-refractivity contribution is -0.384. The SMILES string of the molecule is COC(=O)c1cc(NCCNC(C)=O)c([N+](=O)[O-])cc1F. The number of methoxy groups -OCH3 is 1. The van der Waals surface area contributed by atoms with Gasteiger partial charge in [0.2, 0.25) is 5.91 Å². The number of nitrogens with one attached hydrogen (secondary N) is 2. The summed E-state index contributed by atoms with van der Waals surface area (Å²) in [6.07, 6.45) is 0. The van der Waals surface area contributed by atoms with Crippen molar-refractivity contribution < 1.29 is 23.6 Å². The second-order valence-corrected chi connectivity index (χ2v) is 4.01. The topological polar surface area (TPSA) is 111 Å². The standard InChI is InChI=1S/C12H14FN3O5/c1-7(17)14-3-4-15-10-5-8(12(18)21-2)9(13)6-11(10)16(19)20/h5-6,15H,3-4H2,1-2H3,(H,14,17). The maximum atomic E-state index is 13.6. The summed E-state index contributed by atoms with van der Waals surface area (Å²) in [6, 6.07) is 1.65. The molecule has 0 unspecified atom stereocenters. The van der Waals surface area contributed by atoms with Crippen LogP contribution in [0.15, 0.2) is 12.1 Å². The summed E-state index contributed by atoms with van der Waals surface area (Å²) in [4.78, 5) is 32.2. The third-order valence-corrected chi connectivity index (χ3v) is 2.50. The van der Waals surface area contributed by atoms with E-state index in [0.717, 1.165) is 13.2 Å². The molecule has 2 N–H and O–H groups in total. The molecule has 0 aliphatic rings. The van der Waals surface area contributed by atoms with Crippen molar-refractivity contribution in [2.45, 2.75) is 6.92 Å². The first-order valence-electron chi connectivity index (χ1n) is 5.91. The first kappa shape index (κ1) is 16.3. The van der Waals surface area contributed by atoms with Crippen LogP contribution in [0.3, 0.4) is 0 Å². The van der Waals surface area contributed by atoms with Gasteiger partial charge in [0.15, 0.2) is 0 Å². The van der Waals surface area contributed by atoms with E-state index in [1.54, 1.807) is 0 Å². The molecule has 0 fully saturated rings. The van der Waals surface area contributed by atoms with Crippen molar-refractivity contribution in [3.63, 3.8) is 0 Å². The van der Waals surface area contributed by atoms with Crippen molar-refractivity contribution in [3.05, 3.63) is 33.6 Å². The number of carbonyl (C=O) groups is 2. The third-order valence-electron chi connectivity index (χ3n) is 2.50. The van der Waals surface area contributed by atoms with Crippen LogP contribution in [-0.2, 0) is 9.53 Å². The Hall–Kier alpha value is -2.71. The minimum Gasteiger partial charge on any atom is -0.465 e. The molecule has 9 heteroatoms. The Morgan fingerprint density at radius 3 is 2.57 bits per heavy atom. The number of halogens is 1. The quantitative estimate of drug-likeness (QED) is 0.352.